The van der Waals surface area contributed by atoms with E-state index < -0.39 is 10.0 Å². The molecule has 162 valence electrons. The van der Waals surface area contributed by atoms with Gasteiger partial charge in [-0.25, -0.2) is 18.1 Å². The molecule has 3 heterocycles. The zero-order chi connectivity index (χ0) is 22.3. The second-order valence-electron chi connectivity index (χ2n) is 7.68. The molecule has 0 saturated heterocycles. The van der Waals surface area contributed by atoms with Gasteiger partial charge in [-0.15, -0.1) is 10.2 Å². The van der Waals surface area contributed by atoms with Crippen LogP contribution >= 0.6 is 11.3 Å². The third-order valence-electron chi connectivity index (χ3n) is 5.42. The molecule has 0 atom stereocenters. The molecule has 4 aromatic rings. The first kappa shape index (κ1) is 20.6. The highest BCUT2D eigenvalue weighted by atomic mass is 32.2. The molecule has 1 aromatic carbocycles. The lowest BCUT2D eigenvalue weighted by Gasteiger charge is -2.37. The van der Waals surface area contributed by atoms with Crippen molar-refractivity contribution in [2.45, 2.75) is 36.7 Å². The summed E-state index contributed by atoms with van der Waals surface area (Å²) >= 11 is 1.50. The van der Waals surface area contributed by atoms with Crippen molar-refractivity contribution in [3.05, 3.63) is 53.3 Å². The van der Waals surface area contributed by atoms with E-state index in [-0.39, 0.29) is 17.0 Å². The van der Waals surface area contributed by atoms with Gasteiger partial charge in [-0.3, -0.25) is 0 Å². The Labute approximate surface area is 188 Å². The van der Waals surface area contributed by atoms with E-state index in [9.17, 15) is 8.42 Å². The lowest BCUT2D eigenvalue weighted by molar-refractivity contribution is 0.346. The van der Waals surface area contributed by atoms with Gasteiger partial charge in [0.15, 0.2) is 5.01 Å². The number of anilines is 1. The molecule has 9 nitrogen and oxygen atoms in total. The zero-order valence-electron chi connectivity index (χ0n) is 17.0. The first-order valence-electron chi connectivity index (χ1n) is 9.98. The minimum absolute atomic E-state index is 0.0985. The molecule has 1 aliphatic rings. The van der Waals surface area contributed by atoms with Gasteiger partial charge in [-0.05, 0) is 44.0 Å². The maximum atomic E-state index is 12.7. The van der Waals surface area contributed by atoms with E-state index in [1.807, 2.05) is 25.3 Å². The summed E-state index contributed by atoms with van der Waals surface area (Å²) in [5, 5.41) is 23.6. The maximum Gasteiger partial charge on any atom is 0.240 e. The molecule has 0 spiro atoms. The van der Waals surface area contributed by atoms with Crippen LogP contribution in [0.4, 0.5) is 5.69 Å². The number of H-pyrrole nitrogens is 1. The molecule has 32 heavy (non-hydrogen) atoms. The number of nitriles is 1. The quantitative estimate of drug-likeness (QED) is 0.398. The molecule has 1 fully saturated rings. The van der Waals surface area contributed by atoms with Gasteiger partial charge in [0.2, 0.25) is 10.0 Å². The number of aromatic nitrogens is 4. The van der Waals surface area contributed by atoms with Crippen molar-refractivity contribution in [2.24, 2.45) is 0 Å². The molecule has 11 heteroatoms. The number of fused-ring (bicyclic) bond motifs is 1. The van der Waals surface area contributed by atoms with E-state index >= 15 is 0 Å². The van der Waals surface area contributed by atoms with E-state index in [0.717, 1.165) is 32.3 Å². The minimum atomic E-state index is -3.68. The summed E-state index contributed by atoms with van der Waals surface area (Å²) in [6, 6.07) is 9.87. The number of pyridine rings is 1. The number of aryl methyl sites for hydroxylation is 1. The number of nitrogens with zero attached hydrogens (tertiary/aromatic N) is 4. The van der Waals surface area contributed by atoms with E-state index in [0.29, 0.717) is 18.4 Å². The number of rotatable bonds is 6. The lowest BCUT2D eigenvalue weighted by atomic mass is 9.87. The smallest absolute Gasteiger partial charge is 0.240 e. The largest absolute Gasteiger partial charge is 0.381 e. The topological polar surface area (TPSA) is 136 Å². The van der Waals surface area contributed by atoms with Crippen LogP contribution in [0.1, 0.15) is 23.4 Å². The second-order valence-corrected chi connectivity index (χ2v) is 10.6. The summed E-state index contributed by atoms with van der Waals surface area (Å²) in [7, 11) is -3.68. The highest BCUT2D eigenvalue weighted by Gasteiger charge is 2.33. The molecule has 1 aliphatic carbocycles. The highest BCUT2D eigenvalue weighted by Crippen LogP contribution is 2.37. The van der Waals surface area contributed by atoms with Crippen molar-refractivity contribution in [1.29, 1.82) is 5.26 Å². The summed E-state index contributed by atoms with van der Waals surface area (Å²) in [5.41, 5.74) is 2.88. The van der Waals surface area contributed by atoms with Gasteiger partial charge in [0.05, 0.1) is 27.8 Å². The fraction of sp³-hybridized carbons (Fsp3) is 0.238. The van der Waals surface area contributed by atoms with Gasteiger partial charge < -0.3 is 10.3 Å². The number of hydrogen-bond donors (Lipinski definition) is 3. The summed E-state index contributed by atoms with van der Waals surface area (Å²) in [5.74, 6) is 0. The number of aromatic amines is 1. The van der Waals surface area contributed by atoms with Crippen LogP contribution in [-0.2, 0) is 10.0 Å². The molecular formula is C21H19N7O2S2. The summed E-state index contributed by atoms with van der Waals surface area (Å²) in [4.78, 5) is 7.70. The van der Waals surface area contributed by atoms with Gasteiger partial charge in [0.25, 0.3) is 0 Å². The van der Waals surface area contributed by atoms with Gasteiger partial charge in [0.1, 0.15) is 10.7 Å². The molecule has 0 unspecified atom stereocenters. The van der Waals surface area contributed by atoms with Crippen LogP contribution in [0.2, 0.25) is 0 Å². The minimum Gasteiger partial charge on any atom is -0.381 e. The highest BCUT2D eigenvalue weighted by molar-refractivity contribution is 7.89. The monoisotopic (exact) mass is 465 g/mol. The van der Waals surface area contributed by atoms with Gasteiger partial charge >= 0.3 is 0 Å². The summed E-state index contributed by atoms with van der Waals surface area (Å²) in [6.45, 7) is 1.91. The van der Waals surface area contributed by atoms with Crippen molar-refractivity contribution < 1.29 is 8.42 Å². The number of sulfonamides is 1. The first-order valence-corrected chi connectivity index (χ1v) is 12.3. The Kier molecular flexibility index (Phi) is 5.13. The van der Waals surface area contributed by atoms with Crippen LogP contribution in [0, 0.1) is 18.3 Å². The van der Waals surface area contributed by atoms with Crippen LogP contribution < -0.4 is 10.0 Å². The Balaban J connectivity index is 1.32. The molecule has 0 radical (unpaired) electrons. The van der Waals surface area contributed by atoms with Crippen molar-refractivity contribution >= 4 is 38.1 Å². The average Bonchev–Trinajstić information content (AvgIpc) is 3.41. The fourth-order valence-corrected chi connectivity index (χ4v) is 5.80. The van der Waals surface area contributed by atoms with Crippen molar-refractivity contribution in [2.75, 3.05) is 5.32 Å². The normalized spacial score (nSPS) is 18.2. The van der Waals surface area contributed by atoms with Crippen LogP contribution in [-0.4, -0.2) is 40.7 Å². The average molecular weight is 466 g/mol. The van der Waals surface area contributed by atoms with Crippen LogP contribution in [0.5, 0.6) is 0 Å². The third-order valence-corrected chi connectivity index (χ3v) is 7.81. The Morgan fingerprint density at radius 2 is 2.06 bits per heavy atom. The third kappa shape index (κ3) is 3.84. The number of benzene rings is 1. The maximum absolute atomic E-state index is 12.7. The van der Waals surface area contributed by atoms with Crippen LogP contribution in [0.25, 0.3) is 21.6 Å². The SMILES string of the molecule is Cc1nnc(-c2cnc3[nH]ccc3c2N[C@H]2C[C@@H](NS(=O)(=O)c3cccc(C#N)c3)C2)s1. The Morgan fingerprint density at radius 3 is 2.81 bits per heavy atom. The fourth-order valence-electron chi connectivity index (χ4n) is 3.79. The van der Waals surface area contributed by atoms with Gasteiger partial charge in [-0.1, -0.05) is 17.4 Å². The van der Waals surface area contributed by atoms with Crippen molar-refractivity contribution in [3.8, 4) is 16.6 Å². The Morgan fingerprint density at radius 1 is 1.22 bits per heavy atom. The predicted molar refractivity (Wildman–Crippen MR) is 122 cm³/mol. The standard InChI is InChI=1S/C21H19N7O2S2/c1-12-26-27-21(31-12)18-11-24-20-17(5-6-23-20)19(18)25-14-8-15(9-14)28-32(29,30)16-4-2-3-13(7-16)10-22/h2-7,11,14-15,28H,8-9H2,1H3,(H2,23,24,25)/t14-,15+. The molecule has 1 saturated carbocycles. The van der Waals surface area contributed by atoms with Crippen molar-refractivity contribution in [1.82, 2.24) is 24.9 Å². The number of nitrogens with one attached hydrogen (secondary N) is 3. The van der Waals surface area contributed by atoms with E-state index in [1.54, 1.807) is 18.3 Å². The van der Waals surface area contributed by atoms with Crippen LogP contribution in [0.15, 0.2) is 47.6 Å². The first-order chi connectivity index (χ1) is 15.4. The molecule has 3 aromatic heterocycles. The Hall–Kier alpha value is -3.33. The summed E-state index contributed by atoms with van der Waals surface area (Å²) < 4.78 is 28.1. The number of hydrogen-bond acceptors (Lipinski definition) is 8. The lowest BCUT2D eigenvalue weighted by Crippen LogP contribution is -2.49. The summed E-state index contributed by atoms with van der Waals surface area (Å²) in [6.07, 6.45) is 4.90. The Bertz CT molecular complexity index is 1450. The van der Waals surface area contributed by atoms with E-state index in [2.05, 4.69) is 30.2 Å². The predicted octanol–water partition coefficient (Wildman–Crippen LogP) is 3.18. The molecule has 5 rings (SSSR count). The molecule has 0 aliphatic heterocycles. The second kappa shape index (κ2) is 7.98. The molecule has 0 bridgehead atoms. The van der Waals surface area contributed by atoms with Gasteiger partial charge in [-0.2, -0.15) is 5.26 Å². The van der Waals surface area contributed by atoms with Crippen molar-refractivity contribution in [3.63, 3.8) is 0 Å². The molecule has 0 amide bonds. The molecular weight excluding hydrogens is 446 g/mol. The van der Waals surface area contributed by atoms with Crippen LogP contribution in [0.3, 0.4) is 0 Å². The molecule has 3 N–H and O–H groups in total. The van der Waals surface area contributed by atoms with E-state index in [1.165, 1.54) is 23.5 Å². The van der Waals surface area contributed by atoms with Gasteiger partial charge in [0, 0.05) is 29.9 Å². The zero-order valence-corrected chi connectivity index (χ0v) is 18.7. The van der Waals surface area contributed by atoms with E-state index in [4.69, 9.17) is 5.26 Å².